The van der Waals surface area contributed by atoms with Crippen molar-refractivity contribution in [1.82, 2.24) is 0 Å². The Balaban J connectivity index is 3.67. The second kappa shape index (κ2) is 4.33. The lowest BCUT2D eigenvalue weighted by atomic mass is 10.2. The number of rotatable bonds is 2. The number of aliphatic hydroxyl groups is 3. The smallest absolute Gasteiger partial charge is 0.142 e. The summed E-state index contributed by atoms with van der Waals surface area (Å²) >= 11 is 0. The molecule has 3 heteroatoms. The molecule has 0 aromatic carbocycles. The number of aliphatic hydroxyl groups excluding tert-OH is 3. The highest BCUT2D eigenvalue weighted by Gasteiger charge is 2.10. The molecule has 0 rings (SSSR count). The third-order valence-electron chi connectivity index (χ3n) is 0.844. The molecule has 2 atom stereocenters. The van der Waals surface area contributed by atoms with Gasteiger partial charge in [0.2, 0.25) is 0 Å². The largest absolute Gasteiger partial charge is 0.394 e. The molecular weight excluding hydrogens is 120 g/mol. The fourth-order valence-electron chi connectivity index (χ4n) is 0.344. The van der Waals surface area contributed by atoms with Crippen LogP contribution in [0.5, 0.6) is 0 Å². The molecule has 0 saturated heterocycles. The van der Waals surface area contributed by atoms with E-state index in [0.717, 1.165) is 0 Å². The van der Waals surface area contributed by atoms with Crippen LogP contribution in [0.2, 0.25) is 0 Å². The van der Waals surface area contributed by atoms with E-state index < -0.39 is 18.8 Å². The van der Waals surface area contributed by atoms with Gasteiger partial charge in [-0.05, 0) is 6.92 Å². The molecule has 0 aromatic rings. The van der Waals surface area contributed by atoms with E-state index in [1.807, 2.05) is 0 Å². The van der Waals surface area contributed by atoms with Crippen LogP contribution in [0.4, 0.5) is 0 Å². The molecule has 0 amide bonds. The molecule has 0 spiro atoms. The summed E-state index contributed by atoms with van der Waals surface area (Å²) in [7, 11) is 0. The fraction of sp³-hybridized carbons (Fsp3) is 0.667. The van der Waals surface area contributed by atoms with Crippen LogP contribution in [0.3, 0.4) is 0 Å². The van der Waals surface area contributed by atoms with E-state index in [0.29, 0.717) is 0 Å². The van der Waals surface area contributed by atoms with E-state index in [9.17, 15) is 0 Å². The van der Waals surface area contributed by atoms with E-state index in [2.05, 4.69) is 11.8 Å². The molecular formula is C6H10O3. The van der Waals surface area contributed by atoms with Crippen LogP contribution in [0.1, 0.15) is 6.92 Å². The molecule has 2 unspecified atom stereocenters. The Bertz CT molecular complexity index is 122. The van der Waals surface area contributed by atoms with Crippen molar-refractivity contribution in [1.29, 1.82) is 0 Å². The van der Waals surface area contributed by atoms with Crippen molar-refractivity contribution in [3.8, 4) is 11.8 Å². The molecule has 0 aliphatic heterocycles. The van der Waals surface area contributed by atoms with Gasteiger partial charge in [-0.25, -0.2) is 0 Å². The van der Waals surface area contributed by atoms with Crippen molar-refractivity contribution >= 4 is 0 Å². The van der Waals surface area contributed by atoms with Gasteiger partial charge < -0.3 is 15.3 Å². The summed E-state index contributed by atoms with van der Waals surface area (Å²) in [6, 6.07) is 0. The normalized spacial score (nSPS) is 15.6. The molecule has 0 radical (unpaired) electrons. The summed E-state index contributed by atoms with van der Waals surface area (Å²) in [6.07, 6.45) is -2.27. The average Bonchev–Trinajstić information content (AvgIpc) is 1.87. The summed E-state index contributed by atoms with van der Waals surface area (Å²) in [5.74, 6) is 4.70. The second-order valence-electron chi connectivity index (χ2n) is 1.59. The summed E-state index contributed by atoms with van der Waals surface area (Å²) in [5.41, 5.74) is 0. The molecule has 0 heterocycles. The third-order valence-corrected chi connectivity index (χ3v) is 0.844. The van der Waals surface area contributed by atoms with Crippen LogP contribution in [-0.4, -0.2) is 34.1 Å². The minimum absolute atomic E-state index is 0.462. The number of hydrogen-bond acceptors (Lipinski definition) is 3. The molecule has 0 saturated carbocycles. The first-order chi connectivity index (χ1) is 4.22. The van der Waals surface area contributed by atoms with Crippen molar-refractivity contribution in [2.45, 2.75) is 19.1 Å². The SMILES string of the molecule is CC#CC(O)C(O)CO. The van der Waals surface area contributed by atoms with E-state index in [1.165, 1.54) is 0 Å². The second-order valence-corrected chi connectivity index (χ2v) is 1.59. The molecule has 52 valence electrons. The summed E-state index contributed by atoms with van der Waals surface area (Å²) in [6.45, 7) is 1.09. The van der Waals surface area contributed by atoms with Crippen molar-refractivity contribution in [2.75, 3.05) is 6.61 Å². The fourth-order valence-corrected chi connectivity index (χ4v) is 0.344. The van der Waals surface area contributed by atoms with Crippen LogP contribution in [0, 0.1) is 11.8 Å². The summed E-state index contributed by atoms with van der Waals surface area (Å²) in [4.78, 5) is 0. The van der Waals surface area contributed by atoms with Crippen molar-refractivity contribution in [3.05, 3.63) is 0 Å². The van der Waals surface area contributed by atoms with Crippen LogP contribution in [-0.2, 0) is 0 Å². The lowest BCUT2D eigenvalue weighted by Crippen LogP contribution is -2.27. The molecule has 3 N–H and O–H groups in total. The first kappa shape index (κ1) is 8.44. The Morgan fingerprint density at radius 2 is 2.00 bits per heavy atom. The van der Waals surface area contributed by atoms with E-state index in [4.69, 9.17) is 15.3 Å². The minimum atomic E-state index is -1.14. The van der Waals surface area contributed by atoms with Gasteiger partial charge in [0.05, 0.1) is 6.61 Å². The highest BCUT2D eigenvalue weighted by Crippen LogP contribution is 1.88. The molecule has 9 heavy (non-hydrogen) atoms. The Labute approximate surface area is 53.9 Å². The maximum atomic E-state index is 8.73. The van der Waals surface area contributed by atoms with Gasteiger partial charge in [0.15, 0.2) is 0 Å². The molecule has 0 aliphatic carbocycles. The third kappa shape index (κ3) is 3.09. The van der Waals surface area contributed by atoms with Crippen LogP contribution < -0.4 is 0 Å². The lowest BCUT2D eigenvalue weighted by molar-refractivity contribution is 0.0138. The van der Waals surface area contributed by atoms with Gasteiger partial charge in [-0.1, -0.05) is 5.92 Å². The monoisotopic (exact) mass is 130 g/mol. The maximum absolute atomic E-state index is 8.73. The van der Waals surface area contributed by atoms with Crippen LogP contribution in [0.25, 0.3) is 0 Å². The van der Waals surface area contributed by atoms with Gasteiger partial charge in [0.1, 0.15) is 12.2 Å². The van der Waals surface area contributed by atoms with Gasteiger partial charge in [-0.15, -0.1) is 5.92 Å². The topological polar surface area (TPSA) is 60.7 Å². The maximum Gasteiger partial charge on any atom is 0.142 e. The van der Waals surface area contributed by atoms with Gasteiger partial charge in [0.25, 0.3) is 0 Å². The quantitative estimate of drug-likeness (QED) is 0.408. The summed E-state index contributed by atoms with van der Waals surface area (Å²) < 4.78 is 0. The molecule has 0 aromatic heterocycles. The number of hydrogen-bond donors (Lipinski definition) is 3. The van der Waals surface area contributed by atoms with Gasteiger partial charge in [0, 0.05) is 0 Å². The molecule has 0 fully saturated rings. The Kier molecular flexibility index (Phi) is 4.06. The van der Waals surface area contributed by atoms with Gasteiger partial charge in [-0.3, -0.25) is 0 Å². The lowest BCUT2D eigenvalue weighted by Gasteiger charge is -2.07. The summed E-state index contributed by atoms with van der Waals surface area (Å²) in [5, 5.41) is 25.6. The molecule has 0 aliphatic rings. The van der Waals surface area contributed by atoms with Crippen molar-refractivity contribution in [2.24, 2.45) is 0 Å². The highest BCUT2D eigenvalue weighted by atomic mass is 16.4. The van der Waals surface area contributed by atoms with Crippen LogP contribution >= 0.6 is 0 Å². The first-order valence-electron chi connectivity index (χ1n) is 2.61. The van der Waals surface area contributed by atoms with Gasteiger partial charge >= 0.3 is 0 Å². The van der Waals surface area contributed by atoms with Crippen molar-refractivity contribution < 1.29 is 15.3 Å². The zero-order valence-corrected chi connectivity index (χ0v) is 5.20. The zero-order valence-electron chi connectivity index (χ0n) is 5.20. The Morgan fingerprint density at radius 1 is 1.44 bits per heavy atom. The van der Waals surface area contributed by atoms with Gasteiger partial charge in [-0.2, -0.15) is 0 Å². The average molecular weight is 130 g/mol. The standard InChI is InChI=1S/C6H10O3/c1-2-3-5(8)6(9)4-7/h5-9H,4H2,1H3. The van der Waals surface area contributed by atoms with Crippen LogP contribution in [0.15, 0.2) is 0 Å². The van der Waals surface area contributed by atoms with E-state index in [-0.39, 0.29) is 0 Å². The zero-order chi connectivity index (χ0) is 7.28. The predicted octanol–water partition coefficient (Wildman–Crippen LogP) is -1.28. The minimum Gasteiger partial charge on any atom is -0.394 e. The van der Waals surface area contributed by atoms with E-state index >= 15 is 0 Å². The predicted molar refractivity (Wildman–Crippen MR) is 32.5 cm³/mol. The Morgan fingerprint density at radius 3 is 2.33 bits per heavy atom. The van der Waals surface area contributed by atoms with E-state index in [1.54, 1.807) is 6.92 Å². The molecule has 3 nitrogen and oxygen atoms in total. The molecule has 0 bridgehead atoms. The van der Waals surface area contributed by atoms with Crippen molar-refractivity contribution in [3.63, 3.8) is 0 Å². The first-order valence-corrected chi connectivity index (χ1v) is 2.61. The Hall–Kier alpha value is -0.560. The highest BCUT2D eigenvalue weighted by molar-refractivity contribution is 5.04.